The van der Waals surface area contributed by atoms with Crippen molar-refractivity contribution in [2.24, 2.45) is 0 Å². The normalized spacial score (nSPS) is 18.5. The molecule has 0 radical (unpaired) electrons. The van der Waals surface area contributed by atoms with Crippen LogP contribution in [0.1, 0.15) is 66.2 Å². The van der Waals surface area contributed by atoms with Gasteiger partial charge in [-0.2, -0.15) is 0 Å². The van der Waals surface area contributed by atoms with Crippen LogP contribution in [0.25, 0.3) is 0 Å². The van der Waals surface area contributed by atoms with E-state index in [4.69, 9.17) is 9.15 Å². The van der Waals surface area contributed by atoms with Crippen molar-refractivity contribution in [2.45, 2.75) is 52.1 Å². The van der Waals surface area contributed by atoms with Crippen molar-refractivity contribution in [3.05, 3.63) is 47.4 Å². The number of hydrogen-bond acceptors (Lipinski definition) is 6. The van der Waals surface area contributed by atoms with E-state index in [-0.39, 0.29) is 36.5 Å². The molecule has 0 spiro atoms. The Hall–Kier alpha value is -3.13. The first-order valence-electron chi connectivity index (χ1n) is 11.6. The monoisotopic (exact) mass is 453 g/mol. The number of anilines is 1. The Morgan fingerprint density at radius 3 is 2.82 bits per heavy atom. The summed E-state index contributed by atoms with van der Waals surface area (Å²) in [6, 6.07) is 8.94. The fraction of sp³-hybridized carbons (Fsp3) is 0.480. The van der Waals surface area contributed by atoms with Crippen molar-refractivity contribution < 1.29 is 23.5 Å². The molecule has 33 heavy (non-hydrogen) atoms. The summed E-state index contributed by atoms with van der Waals surface area (Å²) in [5.74, 6) is 0.638. The van der Waals surface area contributed by atoms with Crippen LogP contribution < -0.4 is 15.0 Å². The first-order valence-corrected chi connectivity index (χ1v) is 11.6. The standard InChI is InChI=1S/C25H31N3O5/c1-17-6-3-4-12-27(17)13-5-11-26-25(31)23-10-8-20(33-23)15-28-21-14-19(18(2)29)7-9-22(21)32-16-24(28)30/h7-10,14,17H,3-6,11-13,15-16H2,1-2H3,(H,26,31). The van der Waals surface area contributed by atoms with Crippen molar-refractivity contribution in [3.8, 4) is 5.75 Å². The van der Waals surface area contributed by atoms with Gasteiger partial charge >= 0.3 is 0 Å². The van der Waals surface area contributed by atoms with Gasteiger partial charge in [-0.25, -0.2) is 0 Å². The van der Waals surface area contributed by atoms with Gasteiger partial charge in [-0.3, -0.25) is 19.3 Å². The Kier molecular flexibility index (Phi) is 7.13. The molecule has 1 saturated heterocycles. The highest BCUT2D eigenvalue weighted by atomic mass is 16.5. The topological polar surface area (TPSA) is 92.1 Å². The third-order valence-corrected chi connectivity index (χ3v) is 6.36. The molecule has 2 aliphatic rings. The Balaban J connectivity index is 1.34. The lowest BCUT2D eigenvalue weighted by Gasteiger charge is -2.33. The summed E-state index contributed by atoms with van der Waals surface area (Å²) < 4.78 is 11.2. The van der Waals surface area contributed by atoms with Gasteiger partial charge in [0.15, 0.2) is 18.2 Å². The van der Waals surface area contributed by atoms with Crippen LogP contribution in [0, 0.1) is 0 Å². The number of ether oxygens (including phenoxy) is 1. The molecule has 1 N–H and O–H groups in total. The molecule has 3 heterocycles. The number of Topliss-reactive ketones (excluding diaryl/α,β-unsaturated/α-hetero) is 1. The molecule has 1 aromatic carbocycles. The molecule has 2 amide bonds. The first-order chi connectivity index (χ1) is 15.9. The predicted octanol–water partition coefficient (Wildman–Crippen LogP) is 3.40. The van der Waals surface area contributed by atoms with Gasteiger partial charge in [0.25, 0.3) is 11.8 Å². The predicted molar refractivity (Wildman–Crippen MR) is 124 cm³/mol. The molecule has 1 fully saturated rings. The minimum absolute atomic E-state index is 0.0872. The van der Waals surface area contributed by atoms with E-state index < -0.39 is 0 Å². The molecule has 1 atom stereocenters. The second-order valence-electron chi connectivity index (χ2n) is 8.76. The average molecular weight is 454 g/mol. The number of furan rings is 1. The number of nitrogens with zero attached hydrogens (tertiary/aromatic N) is 2. The zero-order valence-corrected chi connectivity index (χ0v) is 19.3. The van der Waals surface area contributed by atoms with Crippen LogP contribution in [-0.4, -0.2) is 54.8 Å². The van der Waals surface area contributed by atoms with Crippen LogP contribution in [0.5, 0.6) is 5.75 Å². The molecule has 0 saturated carbocycles. The highest BCUT2D eigenvalue weighted by Crippen LogP contribution is 2.34. The van der Waals surface area contributed by atoms with Gasteiger partial charge in [-0.15, -0.1) is 0 Å². The van der Waals surface area contributed by atoms with Crippen LogP contribution >= 0.6 is 0 Å². The Morgan fingerprint density at radius 1 is 1.18 bits per heavy atom. The van der Waals surface area contributed by atoms with Crippen LogP contribution in [0.2, 0.25) is 0 Å². The number of likely N-dealkylation sites (tertiary alicyclic amines) is 1. The number of hydrogen-bond donors (Lipinski definition) is 1. The van der Waals surface area contributed by atoms with E-state index in [1.807, 2.05) is 0 Å². The van der Waals surface area contributed by atoms with E-state index in [9.17, 15) is 14.4 Å². The van der Waals surface area contributed by atoms with Gasteiger partial charge in [0.2, 0.25) is 0 Å². The van der Waals surface area contributed by atoms with Gasteiger partial charge in [0, 0.05) is 24.7 Å². The van der Waals surface area contributed by atoms with Gasteiger partial charge in [0.05, 0.1) is 12.2 Å². The van der Waals surface area contributed by atoms with E-state index in [1.54, 1.807) is 30.3 Å². The van der Waals surface area contributed by atoms with E-state index in [0.717, 1.165) is 19.5 Å². The molecule has 2 aliphatic heterocycles. The summed E-state index contributed by atoms with van der Waals surface area (Å²) in [6.07, 6.45) is 4.68. The number of ketones is 1. The molecule has 2 aromatic rings. The lowest BCUT2D eigenvalue weighted by atomic mass is 10.0. The van der Waals surface area contributed by atoms with Crippen LogP contribution in [0.15, 0.2) is 34.7 Å². The molecular weight excluding hydrogens is 422 g/mol. The number of carbonyl (C=O) groups is 3. The molecule has 8 heteroatoms. The Labute approximate surface area is 193 Å². The summed E-state index contributed by atoms with van der Waals surface area (Å²) >= 11 is 0. The molecule has 4 rings (SSSR count). The van der Waals surface area contributed by atoms with Crippen LogP contribution in [-0.2, 0) is 11.3 Å². The lowest BCUT2D eigenvalue weighted by molar-refractivity contribution is -0.121. The van der Waals surface area contributed by atoms with E-state index in [2.05, 4.69) is 17.1 Å². The van der Waals surface area contributed by atoms with Crippen molar-refractivity contribution in [2.75, 3.05) is 31.1 Å². The van der Waals surface area contributed by atoms with Gasteiger partial charge < -0.3 is 19.4 Å². The number of benzene rings is 1. The smallest absolute Gasteiger partial charge is 0.286 e. The minimum Gasteiger partial charge on any atom is -0.482 e. The molecule has 0 bridgehead atoms. The van der Waals surface area contributed by atoms with E-state index >= 15 is 0 Å². The summed E-state index contributed by atoms with van der Waals surface area (Å²) in [5, 5.41) is 2.92. The molecular formula is C25H31N3O5. The first kappa shape index (κ1) is 23.0. The number of amides is 2. The van der Waals surface area contributed by atoms with Crippen molar-refractivity contribution in [3.63, 3.8) is 0 Å². The molecule has 8 nitrogen and oxygen atoms in total. The fourth-order valence-electron chi connectivity index (χ4n) is 4.40. The molecule has 1 aromatic heterocycles. The van der Waals surface area contributed by atoms with E-state index in [1.165, 1.54) is 31.1 Å². The Morgan fingerprint density at radius 2 is 2.03 bits per heavy atom. The second-order valence-corrected chi connectivity index (χ2v) is 8.76. The highest BCUT2D eigenvalue weighted by molar-refractivity contribution is 6.01. The minimum atomic E-state index is -0.263. The largest absolute Gasteiger partial charge is 0.482 e. The Bertz CT molecular complexity index is 1030. The zero-order valence-electron chi connectivity index (χ0n) is 19.3. The maximum Gasteiger partial charge on any atom is 0.286 e. The van der Waals surface area contributed by atoms with Gasteiger partial charge in [-0.05, 0) is 70.0 Å². The summed E-state index contributed by atoms with van der Waals surface area (Å²) in [5.41, 5.74) is 1.02. The highest BCUT2D eigenvalue weighted by Gasteiger charge is 2.27. The number of piperidine rings is 1. The van der Waals surface area contributed by atoms with Crippen LogP contribution in [0.4, 0.5) is 5.69 Å². The van der Waals surface area contributed by atoms with Crippen molar-refractivity contribution >= 4 is 23.3 Å². The van der Waals surface area contributed by atoms with E-state index in [0.29, 0.717) is 35.3 Å². The third-order valence-electron chi connectivity index (χ3n) is 6.36. The number of fused-ring (bicyclic) bond motifs is 1. The zero-order chi connectivity index (χ0) is 23.4. The molecule has 176 valence electrons. The number of nitrogens with one attached hydrogen (secondary N) is 1. The average Bonchev–Trinajstić information content (AvgIpc) is 3.28. The molecule has 0 aliphatic carbocycles. The third kappa shape index (κ3) is 5.45. The van der Waals surface area contributed by atoms with Crippen molar-refractivity contribution in [1.82, 2.24) is 10.2 Å². The number of rotatable bonds is 8. The maximum absolute atomic E-state index is 12.5. The fourth-order valence-corrected chi connectivity index (χ4v) is 4.40. The van der Waals surface area contributed by atoms with Crippen molar-refractivity contribution in [1.29, 1.82) is 0 Å². The SMILES string of the molecule is CC(=O)c1ccc2c(c1)N(Cc1ccc(C(=O)NCCCN3CCCCC3C)o1)C(=O)CO2. The lowest BCUT2D eigenvalue weighted by Crippen LogP contribution is -2.39. The summed E-state index contributed by atoms with van der Waals surface area (Å²) in [4.78, 5) is 40.8. The summed E-state index contributed by atoms with van der Waals surface area (Å²) in [7, 11) is 0. The second kappa shape index (κ2) is 10.2. The van der Waals surface area contributed by atoms with Gasteiger partial charge in [-0.1, -0.05) is 6.42 Å². The number of carbonyl (C=O) groups excluding carboxylic acids is 3. The molecule has 1 unspecified atom stereocenters. The van der Waals surface area contributed by atoms with Gasteiger partial charge in [0.1, 0.15) is 11.5 Å². The van der Waals surface area contributed by atoms with Crippen LogP contribution in [0.3, 0.4) is 0 Å². The quantitative estimate of drug-likeness (QED) is 0.487. The summed E-state index contributed by atoms with van der Waals surface area (Å²) in [6.45, 7) is 6.50. The maximum atomic E-state index is 12.5.